The zero-order chi connectivity index (χ0) is 22.6. The predicted octanol–water partition coefficient (Wildman–Crippen LogP) is -4.48. The summed E-state index contributed by atoms with van der Waals surface area (Å²) in [7, 11) is 0. The van der Waals surface area contributed by atoms with Crippen molar-refractivity contribution < 1.29 is 64.3 Å². The Kier molecular flexibility index (Phi) is 9.05. The van der Waals surface area contributed by atoms with Crippen molar-refractivity contribution in [1.82, 2.24) is 0 Å². The van der Waals surface area contributed by atoms with E-state index in [1.165, 1.54) is 6.92 Å². The molecule has 2 saturated heterocycles. The van der Waals surface area contributed by atoms with E-state index in [1.54, 1.807) is 0 Å². The fraction of sp³-hybridized carbons (Fsp3) is 0.882. The smallest absolute Gasteiger partial charge is 0.308 e. The van der Waals surface area contributed by atoms with E-state index in [-0.39, 0.29) is 18.6 Å². The second kappa shape index (κ2) is 10.9. The molecule has 0 aromatic carbocycles. The van der Waals surface area contributed by atoms with Gasteiger partial charge in [0.05, 0.1) is 19.6 Å². The number of carbonyl (C=O) groups is 2. The van der Waals surface area contributed by atoms with Crippen molar-refractivity contribution in [2.45, 2.75) is 81.2 Å². The molecule has 0 aliphatic carbocycles. The van der Waals surface area contributed by atoms with Crippen LogP contribution in [0.1, 0.15) is 19.8 Å². The van der Waals surface area contributed by atoms with E-state index in [4.69, 9.17) is 18.9 Å². The van der Waals surface area contributed by atoms with Gasteiger partial charge in [0.25, 0.3) is 0 Å². The van der Waals surface area contributed by atoms with Crippen molar-refractivity contribution in [1.29, 1.82) is 0 Å². The summed E-state index contributed by atoms with van der Waals surface area (Å²) in [5, 5.41) is 69.1. The fourth-order valence-electron chi connectivity index (χ4n) is 3.12. The molecule has 0 aromatic rings. The summed E-state index contributed by atoms with van der Waals surface area (Å²) in [4.78, 5) is 22.7. The molecule has 13 nitrogen and oxygen atoms in total. The molecule has 13 heteroatoms. The molecular weight excluding hydrogens is 412 g/mol. The first-order valence-corrected chi connectivity index (χ1v) is 9.38. The molecular formula is C17H28O13. The number of hydrogen-bond donors (Lipinski definition) is 7. The average molecular weight is 440 g/mol. The zero-order valence-electron chi connectivity index (χ0n) is 16.2. The fourth-order valence-corrected chi connectivity index (χ4v) is 3.12. The summed E-state index contributed by atoms with van der Waals surface area (Å²) in [5.41, 5.74) is 0. The number of aliphatic hydroxyl groups is 7. The summed E-state index contributed by atoms with van der Waals surface area (Å²) in [6.07, 6.45) is -16.5. The van der Waals surface area contributed by atoms with Crippen LogP contribution in [0, 0.1) is 0 Å². The summed E-state index contributed by atoms with van der Waals surface area (Å²) in [6, 6.07) is 0. The van der Waals surface area contributed by atoms with Crippen molar-refractivity contribution in [3.05, 3.63) is 0 Å². The van der Waals surface area contributed by atoms with Gasteiger partial charge < -0.3 is 59.5 Å². The van der Waals surface area contributed by atoms with Gasteiger partial charge in [0.2, 0.25) is 6.29 Å². The third-order valence-corrected chi connectivity index (χ3v) is 4.89. The molecule has 10 unspecified atom stereocenters. The highest BCUT2D eigenvalue weighted by atomic mass is 16.7. The van der Waals surface area contributed by atoms with Gasteiger partial charge in [-0.25, -0.2) is 0 Å². The number of aliphatic hydroxyl groups excluding tert-OH is 7. The van der Waals surface area contributed by atoms with Gasteiger partial charge in [-0.05, 0) is 6.92 Å². The molecule has 0 bridgehead atoms. The molecule has 0 aromatic heterocycles. The number of carbonyl (C=O) groups excluding carboxylic acids is 2. The van der Waals surface area contributed by atoms with E-state index in [0.29, 0.717) is 0 Å². The number of Topliss-reactive ketones (excluding diaryl/α,β-unsaturated/α-hetero) is 1. The first-order valence-electron chi connectivity index (χ1n) is 9.38. The predicted molar refractivity (Wildman–Crippen MR) is 92.4 cm³/mol. The van der Waals surface area contributed by atoms with Crippen molar-refractivity contribution in [3.8, 4) is 0 Å². The minimum Gasteiger partial charge on any atom is -0.433 e. The Morgan fingerprint density at radius 2 is 1.33 bits per heavy atom. The molecule has 0 saturated carbocycles. The normalized spacial score (nSPS) is 42.0. The lowest BCUT2D eigenvalue weighted by Crippen LogP contribution is -2.64. The lowest BCUT2D eigenvalue weighted by Gasteiger charge is -2.45. The van der Waals surface area contributed by atoms with E-state index in [1.807, 2.05) is 0 Å². The zero-order valence-corrected chi connectivity index (χ0v) is 16.2. The van der Waals surface area contributed by atoms with Crippen molar-refractivity contribution in [3.63, 3.8) is 0 Å². The van der Waals surface area contributed by atoms with Gasteiger partial charge in [0, 0.05) is 6.42 Å². The van der Waals surface area contributed by atoms with Gasteiger partial charge in [-0.2, -0.15) is 0 Å². The second-order valence-corrected chi connectivity index (χ2v) is 7.20. The molecule has 174 valence electrons. The molecule has 2 aliphatic rings. The maximum atomic E-state index is 11.8. The van der Waals surface area contributed by atoms with Crippen LogP contribution >= 0.6 is 0 Å². The Hall–Kier alpha value is -1.26. The third-order valence-electron chi connectivity index (χ3n) is 4.89. The number of rotatable bonds is 8. The third kappa shape index (κ3) is 5.70. The number of ketones is 1. The van der Waals surface area contributed by atoms with Crippen LogP contribution in [-0.4, -0.2) is 122 Å². The summed E-state index contributed by atoms with van der Waals surface area (Å²) in [6.45, 7) is -0.183. The average Bonchev–Trinajstić information content (AvgIpc) is 2.71. The molecule has 2 heterocycles. The van der Waals surface area contributed by atoms with E-state index in [9.17, 15) is 45.3 Å². The Labute approximate surface area is 171 Å². The molecule has 0 amide bonds. The molecule has 2 rings (SSSR count). The maximum absolute atomic E-state index is 11.8. The maximum Gasteiger partial charge on any atom is 0.308 e. The van der Waals surface area contributed by atoms with E-state index >= 15 is 0 Å². The Balaban J connectivity index is 2.05. The van der Waals surface area contributed by atoms with E-state index in [2.05, 4.69) is 0 Å². The van der Waals surface area contributed by atoms with Gasteiger partial charge in [-0.15, -0.1) is 0 Å². The molecule has 30 heavy (non-hydrogen) atoms. The van der Waals surface area contributed by atoms with E-state index < -0.39 is 80.6 Å². The van der Waals surface area contributed by atoms with Crippen LogP contribution in [0.2, 0.25) is 0 Å². The van der Waals surface area contributed by atoms with Crippen molar-refractivity contribution in [2.24, 2.45) is 0 Å². The van der Waals surface area contributed by atoms with Crippen LogP contribution < -0.4 is 0 Å². The molecule has 10 atom stereocenters. The summed E-state index contributed by atoms with van der Waals surface area (Å²) in [5.74, 6) is -1.12. The van der Waals surface area contributed by atoms with Gasteiger partial charge in [-0.1, -0.05) is 0 Å². The van der Waals surface area contributed by atoms with Gasteiger partial charge >= 0.3 is 5.97 Å². The number of esters is 1. The summed E-state index contributed by atoms with van der Waals surface area (Å²) < 4.78 is 20.7. The highest BCUT2D eigenvalue weighted by Gasteiger charge is 2.51. The molecule has 2 aliphatic heterocycles. The molecule has 0 radical (unpaired) electrons. The van der Waals surface area contributed by atoms with Gasteiger partial charge in [-0.3, -0.25) is 4.79 Å². The molecule has 2 fully saturated rings. The van der Waals surface area contributed by atoms with Crippen LogP contribution in [0.5, 0.6) is 0 Å². The SMILES string of the molecule is CC(=O)CCC(=O)OC1OC(CO)C(OC2OC(CO)C(O)C(O)C2O)C(O)C1O. The van der Waals surface area contributed by atoms with Crippen LogP contribution in [0.4, 0.5) is 0 Å². The number of hydrogen-bond acceptors (Lipinski definition) is 13. The highest BCUT2D eigenvalue weighted by molar-refractivity contribution is 5.81. The van der Waals surface area contributed by atoms with Crippen LogP contribution in [0.15, 0.2) is 0 Å². The van der Waals surface area contributed by atoms with Gasteiger partial charge in [0.15, 0.2) is 6.29 Å². The van der Waals surface area contributed by atoms with Crippen LogP contribution in [-0.2, 0) is 28.5 Å². The van der Waals surface area contributed by atoms with Crippen LogP contribution in [0.25, 0.3) is 0 Å². The quantitative estimate of drug-likeness (QED) is 0.178. The topological polar surface area (TPSA) is 213 Å². The molecule has 0 spiro atoms. The molecule has 7 N–H and O–H groups in total. The minimum atomic E-state index is -1.82. The van der Waals surface area contributed by atoms with Crippen LogP contribution in [0.3, 0.4) is 0 Å². The lowest BCUT2D eigenvalue weighted by molar-refractivity contribution is -0.355. The van der Waals surface area contributed by atoms with E-state index in [0.717, 1.165) is 0 Å². The van der Waals surface area contributed by atoms with Crippen molar-refractivity contribution >= 4 is 11.8 Å². The van der Waals surface area contributed by atoms with Gasteiger partial charge in [0.1, 0.15) is 54.6 Å². The largest absolute Gasteiger partial charge is 0.433 e. The summed E-state index contributed by atoms with van der Waals surface area (Å²) >= 11 is 0. The monoisotopic (exact) mass is 440 g/mol. The first-order chi connectivity index (χ1) is 14.1. The Bertz CT molecular complexity index is 582. The Morgan fingerprint density at radius 3 is 1.90 bits per heavy atom. The standard InChI is InChI=1S/C17H28O13/c1-6(20)2-3-9(21)29-16-14(26)12(24)15(8(5-19)28-16)30-17-13(25)11(23)10(22)7(4-18)27-17/h7-8,10-19,22-26H,2-5H2,1H3. The number of ether oxygens (including phenoxy) is 4. The minimum absolute atomic E-state index is 0.0868. The van der Waals surface area contributed by atoms with Crippen molar-refractivity contribution in [2.75, 3.05) is 13.2 Å². The second-order valence-electron chi connectivity index (χ2n) is 7.20. The Morgan fingerprint density at radius 1 is 0.767 bits per heavy atom. The lowest BCUT2D eigenvalue weighted by atomic mass is 9.97. The highest BCUT2D eigenvalue weighted by Crippen LogP contribution is 2.29. The first kappa shape index (κ1) is 25.0.